The lowest BCUT2D eigenvalue weighted by Crippen LogP contribution is -2.29. The molecule has 0 aliphatic rings. The zero-order chi connectivity index (χ0) is 12.7. The van der Waals surface area contributed by atoms with E-state index in [9.17, 15) is 4.79 Å². The molecule has 0 saturated carbocycles. The Morgan fingerprint density at radius 3 is 2.41 bits per heavy atom. The number of nitrogens with zero attached hydrogens (tertiary/aromatic N) is 1. The second-order valence-corrected chi connectivity index (χ2v) is 3.57. The van der Waals surface area contributed by atoms with Gasteiger partial charge in [0.2, 0.25) is 0 Å². The molecule has 0 radical (unpaired) electrons. The molecule has 1 rings (SSSR count). The van der Waals surface area contributed by atoms with E-state index in [0.29, 0.717) is 31.2 Å². The normalized spacial score (nSPS) is 10.5. The average Bonchev–Trinajstić information content (AvgIpc) is 2.74. The summed E-state index contributed by atoms with van der Waals surface area (Å²) in [6.45, 7) is 0.662. The van der Waals surface area contributed by atoms with Crippen LogP contribution in [0.4, 0.5) is 5.88 Å². The van der Waals surface area contributed by atoms with E-state index < -0.39 is 5.97 Å². The van der Waals surface area contributed by atoms with Crippen LogP contribution < -0.4 is 4.90 Å². The van der Waals surface area contributed by atoms with E-state index in [2.05, 4.69) is 0 Å². The first-order valence-corrected chi connectivity index (χ1v) is 5.44. The molecule has 3 N–H and O–H groups in total. The zero-order valence-corrected chi connectivity index (χ0v) is 9.50. The quantitative estimate of drug-likeness (QED) is 0.599. The first-order valence-electron chi connectivity index (χ1n) is 5.44. The minimum Gasteiger partial charge on any atom is -0.481 e. The number of rotatable bonds is 8. The van der Waals surface area contributed by atoms with Crippen LogP contribution in [0.5, 0.6) is 0 Å². The Morgan fingerprint density at radius 2 is 1.88 bits per heavy atom. The molecular formula is C11H17NO5. The van der Waals surface area contributed by atoms with E-state index in [1.54, 1.807) is 17.0 Å². The molecule has 0 saturated heterocycles. The molecule has 0 amide bonds. The largest absolute Gasteiger partial charge is 0.481 e. The molecule has 0 aliphatic carbocycles. The summed E-state index contributed by atoms with van der Waals surface area (Å²) in [6.07, 6.45) is 0.356. The van der Waals surface area contributed by atoms with Gasteiger partial charge in [-0.25, -0.2) is 0 Å². The van der Waals surface area contributed by atoms with Crippen molar-refractivity contribution in [2.24, 2.45) is 0 Å². The van der Waals surface area contributed by atoms with Crippen LogP contribution in [0.25, 0.3) is 0 Å². The predicted octanol–water partition coefficient (Wildman–Crippen LogP) is 0.0878. The fourth-order valence-corrected chi connectivity index (χ4v) is 1.47. The van der Waals surface area contributed by atoms with E-state index in [1.165, 1.54) is 0 Å². The fraction of sp³-hybridized carbons (Fsp3) is 0.545. The third-order valence-electron chi connectivity index (χ3n) is 2.28. The second kappa shape index (κ2) is 6.93. The number of carbonyl (C=O) groups is 1. The standard InChI is InChI=1S/C11H17NO5/c13-7-5-12(6-8-14)10-3-1-9(17-10)2-4-11(15)16/h1,3,13-14H,2,4-8H2,(H,15,16). The molecule has 0 bridgehead atoms. The number of aliphatic hydroxyl groups excluding tert-OH is 2. The van der Waals surface area contributed by atoms with E-state index in [4.69, 9.17) is 19.7 Å². The van der Waals surface area contributed by atoms with Crippen LogP contribution >= 0.6 is 0 Å². The summed E-state index contributed by atoms with van der Waals surface area (Å²) in [5, 5.41) is 26.3. The molecule has 6 heteroatoms. The molecule has 1 aromatic rings. The Bertz CT molecular complexity index is 343. The topological polar surface area (TPSA) is 94.1 Å². The molecule has 0 spiro atoms. The van der Waals surface area contributed by atoms with Crippen LogP contribution in [0.3, 0.4) is 0 Å². The number of aliphatic hydroxyl groups is 2. The highest BCUT2D eigenvalue weighted by Crippen LogP contribution is 2.19. The number of carboxylic acids is 1. The Kier molecular flexibility index (Phi) is 5.51. The third-order valence-corrected chi connectivity index (χ3v) is 2.28. The van der Waals surface area contributed by atoms with Crippen LogP contribution in [-0.4, -0.2) is 47.6 Å². The van der Waals surface area contributed by atoms with Crippen molar-refractivity contribution in [3.8, 4) is 0 Å². The molecule has 0 unspecified atom stereocenters. The first-order chi connectivity index (χ1) is 8.17. The van der Waals surface area contributed by atoms with Crippen LogP contribution in [-0.2, 0) is 11.2 Å². The van der Waals surface area contributed by atoms with E-state index in [-0.39, 0.29) is 19.6 Å². The summed E-state index contributed by atoms with van der Waals surface area (Å²) in [5.74, 6) is 0.252. The van der Waals surface area contributed by atoms with Crippen LogP contribution in [0.15, 0.2) is 16.5 Å². The Hall–Kier alpha value is -1.53. The van der Waals surface area contributed by atoms with Gasteiger partial charge in [-0.15, -0.1) is 0 Å². The minimum atomic E-state index is -0.870. The third kappa shape index (κ3) is 4.46. The van der Waals surface area contributed by atoms with Gasteiger partial charge >= 0.3 is 5.97 Å². The molecule has 0 aliphatic heterocycles. The predicted molar refractivity (Wildman–Crippen MR) is 61.0 cm³/mol. The number of hydrogen-bond donors (Lipinski definition) is 3. The van der Waals surface area contributed by atoms with Gasteiger partial charge < -0.3 is 24.6 Å². The van der Waals surface area contributed by atoms with Gasteiger partial charge in [0.15, 0.2) is 5.88 Å². The van der Waals surface area contributed by atoms with E-state index >= 15 is 0 Å². The molecule has 0 aromatic carbocycles. The number of anilines is 1. The summed E-state index contributed by atoms with van der Waals surface area (Å²) >= 11 is 0. The summed E-state index contributed by atoms with van der Waals surface area (Å²) in [6, 6.07) is 3.42. The highest BCUT2D eigenvalue weighted by molar-refractivity contribution is 5.66. The van der Waals surface area contributed by atoms with Crippen LogP contribution in [0, 0.1) is 0 Å². The number of aliphatic carboxylic acids is 1. The van der Waals surface area contributed by atoms with Gasteiger partial charge in [0.25, 0.3) is 0 Å². The smallest absolute Gasteiger partial charge is 0.303 e. The van der Waals surface area contributed by atoms with E-state index in [1.807, 2.05) is 0 Å². The maximum Gasteiger partial charge on any atom is 0.303 e. The maximum absolute atomic E-state index is 10.4. The SMILES string of the molecule is O=C(O)CCc1ccc(N(CCO)CCO)o1. The lowest BCUT2D eigenvalue weighted by Gasteiger charge is -2.19. The molecule has 1 heterocycles. The van der Waals surface area contributed by atoms with Crippen molar-refractivity contribution >= 4 is 11.9 Å². The van der Waals surface area contributed by atoms with Gasteiger partial charge in [-0.05, 0) is 6.07 Å². The van der Waals surface area contributed by atoms with Crippen molar-refractivity contribution in [3.63, 3.8) is 0 Å². The highest BCUT2D eigenvalue weighted by Gasteiger charge is 2.10. The minimum absolute atomic E-state index is 0.0208. The van der Waals surface area contributed by atoms with Crippen molar-refractivity contribution in [2.45, 2.75) is 12.8 Å². The Labute approximate surface area is 99.1 Å². The van der Waals surface area contributed by atoms with Gasteiger partial charge in [-0.1, -0.05) is 0 Å². The molecule has 0 atom stereocenters. The van der Waals surface area contributed by atoms with Crippen molar-refractivity contribution in [3.05, 3.63) is 17.9 Å². The van der Waals surface area contributed by atoms with Crippen molar-refractivity contribution in [2.75, 3.05) is 31.2 Å². The van der Waals surface area contributed by atoms with Gasteiger partial charge in [-0.3, -0.25) is 4.79 Å². The molecule has 1 aromatic heterocycles. The van der Waals surface area contributed by atoms with Gasteiger partial charge in [0.1, 0.15) is 5.76 Å². The fourth-order valence-electron chi connectivity index (χ4n) is 1.47. The van der Waals surface area contributed by atoms with E-state index in [0.717, 1.165) is 0 Å². The van der Waals surface area contributed by atoms with Gasteiger partial charge in [0.05, 0.1) is 19.6 Å². The molecule has 0 fully saturated rings. The van der Waals surface area contributed by atoms with Crippen molar-refractivity contribution < 1.29 is 24.5 Å². The van der Waals surface area contributed by atoms with Crippen LogP contribution in [0.2, 0.25) is 0 Å². The lowest BCUT2D eigenvalue weighted by atomic mass is 10.2. The average molecular weight is 243 g/mol. The molecule has 6 nitrogen and oxygen atoms in total. The summed E-state index contributed by atoms with van der Waals surface area (Å²) in [5.41, 5.74) is 0. The number of carboxylic acid groups (broad SMARTS) is 1. The monoisotopic (exact) mass is 243 g/mol. The Balaban J connectivity index is 2.60. The first kappa shape index (κ1) is 13.5. The molecule has 17 heavy (non-hydrogen) atoms. The number of furan rings is 1. The highest BCUT2D eigenvalue weighted by atomic mass is 16.4. The summed E-state index contributed by atoms with van der Waals surface area (Å²) in [4.78, 5) is 12.1. The summed E-state index contributed by atoms with van der Waals surface area (Å²) < 4.78 is 5.44. The second-order valence-electron chi connectivity index (χ2n) is 3.57. The van der Waals surface area contributed by atoms with Crippen LogP contribution in [0.1, 0.15) is 12.2 Å². The lowest BCUT2D eigenvalue weighted by molar-refractivity contribution is -0.137. The van der Waals surface area contributed by atoms with Gasteiger partial charge in [-0.2, -0.15) is 0 Å². The number of hydrogen-bond acceptors (Lipinski definition) is 5. The maximum atomic E-state index is 10.4. The summed E-state index contributed by atoms with van der Waals surface area (Å²) in [7, 11) is 0. The van der Waals surface area contributed by atoms with Crippen molar-refractivity contribution in [1.82, 2.24) is 0 Å². The van der Waals surface area contributed by atoms with Gasteiger partial charge in [0, 0.05) is 25.6 Å². The molecule has 96 valence electrons. The van der Waals surface area contributed by atoms with Crippen molar-refractivity contribution in [1.29, 1.82) is 0 Å². The Morgan fingerprint density at radius 1 is 1.24 bits per heavy atom. The number of aryl methyl sites for hydroxylation is 1. The molecular weight excluding hydrogens is 226 g/mol. The zero-order valence-electron chi connectivity index (χ0n) is 9.50.